The van der Waals surface area contributed by atoms with E-state index < -0.39 is 0 Å². The molecule has 2 aromatic heterocycles. The van der Waals surface area contributed by atoms with Crippen molar-refractivity contribution in [2.24, 2.45) is 0 Å². The van der Waals surface area contributed by atoms with Crippen molar-refractivity contribution in [1.82, 2.24) is 24.5 Å². The number of hydrogen-bond acceptors (Lipinski definition) is 5. The average Bonchev–Trinajstić information content (AvgIpc) is 3.28. The van der Waals surface area contributed by atoms with Crippen LogP contribution in [-0.2, 0) is 19.5 Å². The van der Waals surface area contributed by atoms with E-state index in [4.69, 9.17) is 5.73 Å². The van der Waals surface area contributed by atoms with Crippen LogP contribution in [0.25, 0.3) is 0 Å². The fraction of sp³-hybridized carbons (Fsp3) is 0.600. The lowest BCUT2D eigenvalue weighted by Gasteiger charge is -2.07. The van der Waals surface area contributed by atoms with Crippen molar-refractivity contribution in [3.8, 4) is 6.07 Å². The van der Waals surface area contributed by atoms with Gasteiger partial charge in [-0.05, 0) is 25.7 Å². The van der Waals surface area contributed by atoms with Gasteiger partial charge in [0, 0.05) is 18.9 Å². The average molecular weight is 297 g/mol. The molecular weight excluding hydrogens is 278 g/mol. The zero-order valence-electron chi connectivity index (χ0n) is 12.5. The van der Waals surface area contributed by atoms with E-state index in [9.17, 15) is 5.26 Å². The number of rotatable bonds is 3. The molecule has 3 heterocycles. The molecule has 0 spiro atoms. The zero-order valence-corrected chi connectivity index (χ0v) is 12.5. The van der Waals surface area contributed by atoms with Crippen LogP contribution in [0.15, 0.2) is 0 Å². The summed E-state index contributed by atoms with van der Waals surface area (Å²) in [7, 11) is 0. The van der Waals surface area contributed by atoms with Crippen molar-refractivity contribution in [3.63, 3.8) is 0 Å². The summed E-state index contributed by atoms with van der Waals surface area (Å²) in [6, 6.07) is 2.21. The number of fused-ring (bicyclic) bond motifs is 1. The maximum atomic E-state index is 9.33. The lowest BCUT2D eigenvalue weighted by Crippen LogP contribution is -2.13. The van der Waals surface area contributed by atoms with Crippen LogP contribution in [0.2, 0.25) is 0 Å². The number of nitrogens with zero attached hydrogens (tertiary/aromatic N) is 6. The molecule has 0 unspecified atom stereocenters. The van der Waals surface area contributed by atoms with Crippen LogP contribution in [-0.4, -0.2) is 24.5 Å². The molecule has 2 aromatic rings. The first-order valence-electron chi connectivity index (χ1n) is 7.95. The molecule has 22 heavy (non-hydrogen) atoms. The minimum Gasteiger partial charge on any atom is -0.383 e. The first kappa shape index (κ1) is 13.3. The topological polar surface area (TPSA) is 98.3 Å². The molecule has 2 N–H and O–H groups in total. The first-order chi connectivity index (χ1) is 10.8. The van der Waals surface area contributed by atoms with Gasteiger partial charge >= 0.3 is 0 Å². The normalized spacial score (nSPS) is 17.8. The van der Waals surface area contributed by atoms with E-state index in [-0.39, 0.29) is 0 Å². The van der Waals surface area contributed by atoms with Crippen LogP contribution in [0.4, 0.5) is 5.82 Å². The summed E-state index contributed by atoms with van der Waals surface area (Å²) in [6.45, 7) is 1.44. The maximum Gasteiger partial charge on any atom is 0.154 e. The van der Waals surface area contributed by atoms with Crippen molar-refractivity contribution in [3.05, 3.63) is 22.9 Å². The number of aryl methyl sites for hydroxylation is 1. The van der Waals surface area contributed by atoms with Crippen LogP contribution in [0.5, 0.6) is 0 Å². The quantitative estimate of drug-likeness (QED) is 0.927. The third-order valence-corrected chi connectivity index (χ3v) is 4.57. The monoisotopic (exact) mass is 297 g/mol. The van der Waals surface area contributed by atoms with E-state index in [0.717, 1.165) is 49.6 Å². The third-order valence-electron chi connectivity index (χ3n) is 4.57. The Morgan fingerprint density at radius 3 is 2.86 bits per heavy atom. The van der Waals surface area contributed by atoms with Crippen molar-refractivity contribution in [1.29, 1.82) is 5.26 Å². The van der Waals surface area contributed by atoms with Crippen molar-refractivity contribution >= 4 is 5.82 Å². The Labute approximate surface area is 128 Å². The van der Waals surface area contributed by atoms with Crippen LogP contribution >= 0.6 is 0 Å². The molecule has 0 amide bonds. The predicted molar refractivity (Wildman–Crippen MR) is 80.0 cm³/mol. The van der Waals surface area contributed by atoms with Crippen LogP contribution in [0.1, 0.15) is 60.9 Å². The SMILES string of the molecule is N#Cc1c(C2CC2)nn(Cc2nnc3n2CCCCC3)c1N. The summed E-state index contributed by atoms with van der Waals surface area (Å²) in [6.07, 6.45) is 6.75. The molecule has 114 valence electrons. The minimum atomic E-state index is 0.411. The second kappa shape index (κ2) is 5.13. The Morgan fingerprint density at radius 2 is 2.09 bits per heavy atom. The highest BCUT2D eigenvalue weighted by molar-refractivity contribution is 5.54. The van der Waals surface area contributed by atoms with Gasteiger partial charge in [0.15, 0.2) is 5.82 Å². The molecule has 7 nitrogen and oxygen atoms in total. The smallest absolute Gasteiger partial charge is 0.154 e. The van der Waals surface area contributed by atoms with E-state index in [1.807, 2.05) is 0 Å². The summed E-state index contributed by atoms with van der Waals surface area (Å²) >= 11 is 0. The lowest BCUT2D eigenvalue weighted by molar-refractivity contribution is 0.569. The van der Waals surface area contributed by atoms with Gasteiger partial charge in [-0.1, -0.05) is 6.42 Å². The summed E-state index contributed by atoms with van der Waals surface area (Å²) in [5, 5.41) is 22.5. The van der Waals surface area contributed by atoms with Crippen LogP contribution < -0.4 is 5.73 Å². The molecule has 1 aliphatic carbocycles. The van der Waals surface area contributed by atoms with E-state index in [1.54, 1.807) is 4.68 Å². The largest absolute Gasteiger partial charge is 0.383 e. The van der Waals surface area contributed by atoms with E-state index in [0.29, 0.717) is 23.8 Å². The molecule has 1 saturated carbocycles. The van der Waals surface area contributed by atoms with Gasteiger partial charge in [-0.15, -0.1) is 10.2 Å². The van der Waals surface area contributed by atoms with Gasteiger partial charge in [-0.25, -0.2) is 4.68 Å². The summed E-state index contributed by atoms with van der Waals surface area (Å²) < 4.78 is 3.91. The zero-order chi connectivity index (χ0) is 15.1. The molecule has 0 saturated heterocycles. The highest BCUT2D eigenvalue weighted by atomic mass is 15.4. The van der Waals surface area contributed by atoms with Crippen molar-refractivity contribution in [2.75, 3.05) is 5.73 Å². The Balaban J connectivity index is 1.67. The Bertz CT molecular complexity index is 745. The molecule has 7 heteroatoms. The number of nitrogen functional groups attached to an aromatic ring is 1. The van der Waals surface area contributed by atoms with Gasteiger partial charge in [-0.2, -0.15) is 10.4 Å². The molecule has 2 aliphatic rings. The van der Waals surface area contributed by atoms with Gasteiger partial charge in [0.05, 0.1) is 5.69 Å². The highest BCUT2D eigenvalue weighted by Crippen LogP contribution is 2.42. The molecule has 0 radical (unpaired) electrons. The fourth-order valence-electron chi connectivity index (χ4n) is 3.17. The second-order valence-corrected chi connectivity index (χ2v) is 6.18. The highest BCUT2D eigenvalue weighted by Gasteiger charge is 2.31. The fourth-order valence-corrected chi connectivity index (χ4v) is 3.17. The summed E-state index contributed by atoms with van der Waals surface area (Å²) in [4.78, 5) is 0. The Morgan fingerprint density at radius 1 is 1.23 bits per heavy atom. The van der Waals surface area contributed by atoms with E-state index in [1.165, 1.54) is 12.8 Å². The van der Waals surface area contributed by atoms with Crippen molar-refractivity contribution < 1.29 is 0 Å². The molecule has 1 aliphatic heterocycles. The number of nitrogens with two attached hydrogens (primary N) is 1. The number of anilines is 1. The van der Waals surface area contributed by atoms with E-state index in [2.05, 4.69) is 25.9 Å². The molecule has 0 bridgehead atoms. The number of hydrogen-bond donors (Lipinski definition) is 1. The number of aromatic nitrogens is 5. The van der Waals surface area contributed by atoms with Gasteiger partial charge in [0.2, 0.25) is 0 Å². The predicted octanol–water partition coefficient (Wildman–Crippen LogP) is 1.58. The molecule has 1 fully saturated rings. The van der Waals surface area contributed by atoms with Crippen LogP contribution in [0, 0.1) is 11.3 Å². The summed E-state index contributed by atoms with van der Waals surface area (Å²) in [5.41, 5.74) is 7.52. The molecule has 4 rings (SSSR count). The molecular formula is C15H19N7. The first-order valence-corrected chi connectivity index (χ1v) is 7.95. The van der Waals surface area contributed by atoms with Gasteiger partial charge < -0.3 is 10.3 Å². The van der Waals surface area contributed by atoms with E-state index >= 15 is 0 Å². The van der Waals surface area contributed by atoms with Gasteiger partial charge in [0.1, 0.15) is 29.8 Å². The standard InChI is InChI=1S/C15H19N7/c16-8-11-14(10-5-6-10)20-22(15(11)17)9-13-19-18-12-4-2-1-3-7-21(12)13/h10H,1-7,9,17H2. The van der Waals surface area contributed by atoms with Crippen LogP contribution in [0.3, 0.4) is 0 Å². The molecule has 0 atom stereocenters. The lowest BCUT2D eigenvalue weighted by atomic mass is 10.2. The van der Waals surface area contributed by atoms with Gasteiger partial charge in [0.25, 0.3) is 0 Å². The van der Waals surface area contributed by atoms with Crippen molar-refractivity contribution in [2.45, 2.75) is 57.5 Å². The maximum absolute atomic E-state index is 9.33. The Hall–Kier alpha value is -2.36. The minimum absolute atomic E-state index is 0.411. The third kappa shape index (κ3) is 2.15. The Kier molecular flexibility index (Phi) is 3.10. The van der Waals surface area contributed by atoms with Gasteiger partial charge in [-0.3, -0.25) is 0 Å². The number of nitriles is 1. The second-order valence-electron chi connectivity index (χ2n) is 6.18. The molecule has 0 aromatic carbocycles. The summed E-state index contributed by atoms with van der Waals surface area (Å²) in [5.74, 6) is 2.81.